The van der Waals surface area contributed by atoms with E-state index in [0.29, 0.717) is 0 Å². The van der Waals surface area contributed by atoms with Crippen molar-refractivity contribution in [2.75, 3.05) is 11.5 Å². The summed E-state index contributed by atoms with van der Waals surface area (Å²) in [5.41, 5.74) is 0. The van der Waals surface area contributed by atoms with Gasteiger partial charge in [0.05, 0.1) is 6.42 Å². The molecule has 0 aromatic rings. The van der Waals surface area contributed by atoms with Gasteiger partial charge in [0, 0.05) is 5.75 Å². The minimum absolute atomic E-state index is 0.143. The molecule has 0 rings (SSSR count). The Hall–Kier alpha value is -0.440. The average molecular weight is 160 g/mol. The smallest absolute Gasteiger partial charge is 0.307 e. The largest absolute Gasteiger partial charge is 0.481 e. The molecule has 0 aliphatic heterocycles. The lowest BCUT2D eigenvalue weighted by molar-refractivity contribution is -0.136. The van der Waals surface area contributed by atoms with Gasteiger partial charge in [-0.25, -0.2) is 0 Å². The highest BCUT2D eigenvalue weighted by Gasteiger charge is 1.87. The van der Waals surface area contributed by atoms with Gasteiger partial charge in [-0.3, -0.25) is 4.79 Å². The molecule has 0 aliphatic rings. The third kappa shape index (κ3) is 7.56. The summed E-state index contributed by atoms with van der Waals surface area (Å²) >= 11 is 1.78. The van der Waals surface area contributed by atoms with Crippen LogP contribution in [-0.2, 0) is 4.79 Å². The number of hydrogen-bond acceptors (Lipinski definition) is 2. The van der Waals surface area contributed by atoms with Crippen LogP contribution in [0.1, 0.15) is 13.3 Å². The molecule has 58 valence electrons. The van der Waals surface area contributed by atoms with Gasteiger partial charge in [0.25, 0.3) is 0 Å². The van der Waals surface area contributed by atoms with E-state index in [-0.39, 0.29) is 6.42 Å². The van der Waals surface area contributed by atoms with Gasteiger partial charge in [0.1, 0.15) is 0 Å². The summed E-state index contributed by atoms with van der Waals surface area (Å²) in [5.74, 6) is 1.24. The van der Waals surface area contributed by atoms with Crippen molar-refractivity contribution in [3.63, 3.8) is 0 Å². The Balaban J connectivity index is 3.12. The van der Waals surface area contributed by atoms with E-state index < -0.39 is 5.97 Å². The Morgan fingerprint density at radius 3 is 2.80 bits per heavy atom. The summed E-state index contributed by atoms with van der Waals surface area (Å²) in [6, 6.07) is 0. The average Bonchev–Trinajstić information content (AvgIpc) is 1.87. The molecule has 0 unspecified atom stereocenters. The molecule has 0 aromatic carbocycles. The van der Waals surface area contributed by atoms with Gasteiger partial charge in [-0.15, -0.1) is 0 Å². The number of carboxylic acid groups (broad SMARTS) is 1. The second-order valence-corrected chi connectivity index (χ2v) is 3.05. The van der Waals surface area contributed by atoms with E-state index >= 15 is 0 Å². The lowest BCUT2D eigenvalue weighted by Gasteiger charge is -1.87. The molecular formula is C7H12O2S. The van der Waals surface area contributed by atoms with Gasteiger partial charge >= 0.3 is 5.97 Å². The third-order valence-electron chi connectivity index (χ3n) is 0.877. The summed E-state index contributed by atoms with van der Waals surface area (Å²) < 4.78 is 0. The van der Waals surface area contributed by atoms with Crippen molar-refractivity contribution in [2.24, 2.45) is 0 Å². The second kappa shape index (κ2) is 6.68. The molecule has 0 saturated carbocycles. The molecule has 0 radical (unpaired) electrons. The summed E-state index contributed by atoms with van der Waals surface area (Å²) in [5, 5.41) is 8.21. The van der Waals surface area contributed by atoms with Crippen LogP contribution in [0.3, 0.4) is 0 Å². The summed E-state index contributed by atoms with van der Waals surface area (Å²) in [6.07, 6.45) is 3.72. The van der Waals surface area contributed by atoms with E-state index in [4.69, 9.17) is 5.11 Å². The van der Waals surface area contributed by atoms with Crippen molar-refractivity contribution < 1.29 is 9.90 Å². The first kappa shape index (κ1) is 9.56. The maximum absolute atomic E-state index is 9.97. The zero-order valence-corrected chi connectivity index (χ0v) is 6.86. The van der Waals surface area contributed by atoms with E-state index in [1.54, 1.807) is 17.8 Å². The van der Waals surface area contributed by atoms with Crippen LogP contribution in [0.2, 0.25) is 0 Å². The van der Waals surface area contributed by atoms with Crippen LogP contribution in [-0.4, -0.2) is 22.6 Å². The molecule has 0 atom stereocenters. The SMILES string of the molecule is CCSC/C=C/CC(=O)O. The Morgan fingerprint density at radius 2 is 2.30 bits per heavy atom. The van der Waals surface area contributed by atoms with Crippen molar-refractivity contribution in [3.05, 3.63) is 12.2 Å². The van der Waals surface area contributed by atoms with Crippen LogP contribution in [0.25, 0.3) is 0 Å². The fourth-order valence-electron chi connectivity index (χ4n) is 0.438. The highest BCUT2D eigenvalue weighted by Crippen LogP contribution is 1.98. The van der Waals surface area contributed by atoms with Crippen LogP contribution in [0, 0.1) is 0 Å². The molecule has 0 fully saturated rings. The lowest BCUT2D eigenvalue weighted by Crippen LogP contribution is -1.89. The third-order valence-corrected chi connectivity index (χ3v) is 1.71. The van der Waals surface area contributed by atoms with Crippen LogP contribution in [0.4, 0.5) is 0 Å². The standard InChI is InChI=1S/C7H12O2S/c1-2-10-6-4-3-5-7(8)9/h3-4H,2,5-6H2,1H3,(H,8,9)/b4-3+. The van der Waals surface area contributed by atoms with Crippen molar-refractivity contribution in [3.8, 4) is 0 Å². The Labute approximate surface area is 65.3 Å². The highest BCUT2D eigenvalue weighted by atomic mass is 32.2. The fourth-order valence-corrected chi connectivity index (χ4v) is 0.946. The summed E-state index contributed by atoms with van der Waals surface area (Å²) in [4.78, 5) is 9.97. The molecule has 10 heavy (non-hydrogen) atoms. The van der Waals surface area contributed by atoms with Gasteiger partial charge in [0.2, 0.25) is 0 Å². The topological polar surface area (TPSA) is 37.3 Å². The number of carbonyl (C=O) groups is 1. The van der Waals surface area contributed by atoms with E-state index in [1.165, 1.54) is 0 Å². The zero-order valence-electron chi connectivity index (χ0n) is 6.04. The van der Waals surface area contributed by atoms with Crippen molar-refractivity contribution in [1.29, 1.82) is 0 Å². The number of carboxylic acids is 1. The minimum atomic E-state index is -0.766. The van der Waals surface area contributed by atoms with Crippen LogP contribution in [0.15, 0.2) is 12.2 Å². The number of rotatable bonds is 5. The van der Waals surface area contributed by atoms with E-state index in [1.807, 2.05) is 6.08 Å². The lowest BCUT2D eigenvalue weighted by atomic mass is 10.4. The monoisotopic (exact) mass is 160 g/mol. The van der Waals surface area contributed by atoms with Crippen molar-refractivity contribution in [1.82, 2.24) is 0 Å². The molecule has 0 heterocycles. The molecule has 0 amide bonds. The van der Waals surface area contributed by atoms with Crippen LogP contribution in [0.5, 0.6) is 0 Å². The predicted molar refractivity (Wildman–Crippen MR) is 44.4 cm³/mol. The molecule has 3 heteroatoms. The Kier molecular flexibility index (Phi) is 6.38. The van der Waals surface area contributed by atoms with Gasteiger partial charge in [-0.2, -0.15) is 11.8 Å². The Bertz CT molecular complexity index is 121. The molecule has 0 aromatic heterocycles. The van der Waals surface area contributed by atoms with Gasteiger partial charge < -0.3 is 5.11 Å². The predicted octanol–water partition coefficient (Wildman–Crippen LogP) is 1.77. The maximum Gasteiger partial charge on any atom is 0.307 e. The van der Waals surface area contributed by atoms with Crippen LogP contribution >= 0.6 is 11.8 Å². The number of thioether (sulfide) groups is 1. The van der Waals surface area contributed by atoms with Crippen LogP contribution < -0.4 is 0 Å². The normalized spacial score (nSPS) is 10.5. The minimum Gasteiger partial charge on any atom is -0.481 e. The highest BCUT2D eigenvalue weighted by molar-refractivity contribution is 7.99. The molecule has 0 spiro atoms. The first-order chi connectivity index (χ1) is 4.77. The number of hydrogen-bond donors (Lipinski definition) is 1. The first-order valence-corrected chi connectivity index (χ1v) is 4.37. The number of aliphatic carboxylic acids is 1. The van der Waals surface area contributed by atoms with E-state index in [0.717, 1.165) is 11.5 Å². The zero-order chi connectivity index (χ0) is 7.82. The molecule has 1 N–H and O–H groups in total. The molecule has 2 nitrogen and oxygen atoms in total. The molecular weight excluding hydrogens is 148 g/mol. The van der Waals surface area contributed by atoms with Gasteiger partial charge in [-0.1, -0.05) is 19.1 Å². The molecule has 0 bridgehead atoms. The molecule has 0 aliphatic carbocycles. The van der Waals surface area contributed by atoms with Gasteiger partial charge in [0.15, 0.2) is 0 Å². The second-order valence-electron chi connectivity index (χ2n) is 1.73. The fraction of sp³-hybridized carbons (Fsp3) is 0.571. The van der Waals surface area contributed by atoms with Crippen molar-refractivity contribution >= 4 is 17.7 Å². The van der Waals surface area contributed by atoms with E-state index in [9.17, 15) is 4.79 Å². The van der Waals surface area contributed by atoms with Gasteiger partial charge in [-0.05, 0) is 5.75 Å². The van der Waals surface area contributed by atoms with Crippen molar-refractivity contribution in [2.45, 2.75) is 13.3 Å². The summed E-state index contributed by atoms with van der Waals surface area (Å²) in [7, 11) is 0. The first-order valence-electron chi connectivity index (χ1n) is 3.22. The Morgan fingerprint density at radius 1 is 1.60 bits per heavy atom. The summed E-state index contributed by atoms with van der Waals surface area (Å²) in [6.45, 7) is 2.08. The van der Waals surface area contributed by atoms with E-state index in [2.05, 4.69) is 6.92 Å². The maximum atomic E-state index is 9.97. The molecule has 0 saturated heterocycles. The quantitative estimate of drug-likeness (QED) is 0.492.